The summed E-state index contributed by atoms with van der Waals surface area (Å²) in [4.78, 5) is 24.6. The summed E-state index contributed by atoms with van der Waals surface area (Å²) in [7, 11) is 0. The number of rotatable bonds is 2. The van der Waals surface area contributed by atoms with Crippen LogP contribution in [-0.2, 0) is 9.53 Å². The average Bonchev–Trinajstić information content (AvgIpc) is 2.53. The van der Waals surface area contributed by atoms with Crippen LogP contribution in [-0.4, -0.2) is 51.0 Å². The van der Waals surface area contributed by atoms with Gasteiger partial charge in [0.25, 0.3) is 0 Å². The van der Waals surface area contributed by atoms with E-state index in [9.17, 15) is 19.8 Å². The standard InChI is InChI=1S/C12H21NO5/c1-8-5-6-12(7-14,9(15)16)13(8)10(17)18-11(2,3)4/h8,14H,5-7H2,1-4H3,(H,15,16). The fourth-order valence-electron chi connectivity index (χ4n) is 2.22. The van der Waals surface area contributed by atoms with E-state index >= 15 is 0 Å². The summed E-state index contributed by atoms with van der Waals surface area (Å²) in [6, 6.07) is -0.261. The van der Waals surface area contributed by atoms with Crippen molar-refractivity contribution < 1.29 is 24.5 Å². The highest BCUT2D eigenvalue weighted by Crippen LogP contribution is 2.35. The van der Waals surface area contributed by atoms with Crippen molar-refractivity contribution in [2.75, 3.05) is 6.61 Å². The molecule has 0 aliphatic carbocycles. The molecule has 104 valence electrons. The Morgan fingerprint density at radius 3 is 2.39 bits per heavy atom. The van der Waals surface area contributed by atoms with Crippen LogP contribution in [0, 0.1) is 0 Å². The molecular formula is C12H21NO5. The molecule has 2 N–H and O–H groups in total. The average molecular weight is 259 g/mol. The van der Waals surface area contributed by atoms with E-state index in [1.54, 1.807) is 27.7 Å². The summed E-state index contributed by atoms with van der Waals surface area (Å²) < 4.78 is 5.21. The van der Waals surface area contributed by atoms with Crippen molar-refractivity contribution in [3.05, 3.63) is 0 Å². The topological polar surface area (TPSA) is 87.1 Å². The monoisotopic (exact) mass is 259 g/mol. The maximum absolute atomic E-state index is 12.1. The van der Waals surface area contributed by atoms with Gasteiger partial charge in [-0.1, -0.05) is 0 Å². The first-order valence-corrected chi connectivity index (χ1v) is 6.00. The summed E-state index contributed by atoms with van der Waals surface area (Å²) in [5, 5.41) is 18.7. The number of aliphatic hydroxyl groups is 1. The van der Waals surface area contributed by atoms with Crippen LogP contribution in [0.25, 0.3) is 0 Å². The number of carboxylic acids is 1. The maximum atomic E-state index is 12.1. The predicted octanol–water partition coefficient (Wildman–Crippen LogP) is 1.22. The number of carbonyl (C=O) groups excluding carboxylic acids is 1. The quantitative estimate of drug-likeness (QED) is 0.778. The van der Waals surface area contributed by atoms with E-state index in [0.717, 1.165) is 4.90 Å². The lowest BCUT2D eigenvalue weighted by molar-refractivity contribution is -0.152. The molecule has 2 unspecified atom stereocenters. The number of hydrogen-bond acceptors (Lipinski definition) is 4. The molecule has 2 atom stereocenters. The summed E-state index contributed by atoms with van der Waals surface area (Å²) in [6.45, 7) is 6.29. The lowest BCUT2D eigenvalue weighted by Crippen LogP contribution is -2.58. The Morgan fingerprint density at radius 2 is 2.00 bits per heavy atom. The summed E-state index contributed by atoms with van der Waals surface area (Å²) >= 11 is 0. The van der Waals surface area contributed by atoms with Crippen molar-refractivity contribution >= 4 is 12.1 Å². The number of aliphatic hydroxyl groups excluding tert-OH is 1. The van der Waals surface area contributed by atoms with E-state index in [2.05, 4.69) is 0 Å². The van der Waals surface area contributed by atoms with Gasteiger partial charge in [0.15, 0.2) is 5.54 Å². The Bertz CT molecular complexity index is 349. The molecule has 1 aliphatic heterocycles. The van der Waals surface area contributed by atoms with Gasteiger partial charge in [0.1, 0.15) is 5.60 Å². The number of aliphatic carboxylic acids is 1. The van der Waals surface area contributed by atoms with Crippen molar-refractivity contribution in [2.45, 2.75) is 57.7 Å². The molecule has 1 fully saturated rings. The number of hydrogen-bond donors (Lipinski definition) is 2. The zero-order chi connectivity index (χ0) is 14.1. The van der Waals surface area contributed by atoms with Gasteiger partial charge in [0, 0.05) is 6.04 Å². The highest BCUT2D eigenvalue weighted by atomic mass is 16.6. The molecule has 0 aromatic rings. The molecule has 1 rings (SSSR count). The molecule has 1 heterocycles. The van der Waals surface area contributed by atoms with Crippen molar-refractivity contribution in [3.8, 4) is 0 Å². The molecule has 1 saturated heterocycles. The highest BCUT2D eigenvalue weighted by Gasteiger charge is 2.54. The highest BCUT2D eigenvalue weighted by molar-refractivity contribution is 5.85. The first kappa shape index (κ1) is 14.8. The van der Waals surface area contributed by atoms with E-state index in [4.69, 9.17) is 4.74 Å². The number of likely N-dealkylation sites (tertiary alicyclic amines) is 1. The molecule has 0 saturated carbocycles. The first-order chi connectivity index (χ1) is 8.14. The predicted molar refractivity (Wildman–Crippen MR) is 64.2 cm³/mol. The van der Waals surface area contributed by atoms with E-state index < -0.39 is 29.8 Å². The van der Waals surface area contributed by atoms with Crippen LogP contribution in [0.2, 0.25) is 0 Å². The Kier molecular flexibility index (Phi) is 3.90. The second kappa shape index (κ2) is 4.76. The normalized spacial score (nSPS) is 28.3. The minimum Gasteiger partial charge on any atom is -0.479 e. The Hall–Kier alpha value is -1.30. The van der Waals surface area contributed by atoms with Crippen LogP contribution in [0.5, 0.6) is 0 Å². The number of nitrogens with zero attached hydrogens (tertiary/aromatic N) is 1. The van der Waals surface area contributed by atoms with Crippen LogP contribution in [0.15, 0.2) is 0 Å². The molecule has 18 heavy (non-hydrogen) atoms. The van der Waals surface area contributed by atoms with Gasteiger partial charge in [0.05, 0.1) is 6.61 Å². The third-order valence-electron chi connectivity index (χ3n) is 3.13. The Balaban J connectivity index is 3.02. The Morgan fingerprint density at radius 1 is 1.44 bits per heavy atom. The van der Waals surface area contributed by atoms with Crippen molar-refractivity contribution in [2.24, 2.45) is 0 Å². The summed E-state index contributed by atoms with van der Waals surface area (Å²) in [5.74, 6) is -1.19. The zero-order valence-electron chi connectivity index (χ0n) is 11.3. The largest absolute Gasteiger partial charge is 0.479 e. The van der Waals surface area contributed by atoms with Crippen LogP contribution in [0.4, 0.5) is 4.79 Å². The minimum absolute atomic E-state index is 0.235. The van der Waals surface area contributed by atoms with Gasteiger partial charge >= 0.3 is 12.1 Å². The van der Waals surface area contributed by atoms with E-state index in [-0.39, 0.29) is 12.5 Å². The van der Waals surface area contributed by atoms with E-state index in [0.29, 0.717) is 6.42 Å². The van der Waals surface area contributed by atoms with Gasteiger partial charge < -0.3 is 14.9 Å². The summed E-state index contributed by atoms with van der Waals surface area (Å²) in [5.41, 5.74) is -2.25. The fourth-order valence-corrected chi connectivity index (χ4v) is 2.22. The molecule has 0 aromatic heterocycles. The second-order valence-electron chi connectivity index (χ2n) is 5.73. The lowest BCUT2D eigenvalue weighted by Gasteiger charge is -2.36. The zero-order valence-corrected chi connectivity index (χ0v) is 11.3. The van der Waals surface area contributed by atoms with Crippen molar-refractivity contribution in [1.29, 1.82) is 0 Å². The number of ether oxygens (including phenoxy) is 1. The molecule has 1 amide bonds. The molecule has 0 bridgehead atoms. The van der Waals surface area contributed by atoms with Crippen LogP contribution in [0.3, 0.4) is 0 Å². The van der Waals surface area contributed by atoms with E-state index in [1.807, 2.05) is 0 Å². The number of carbonyl (C=O) groups is 2. The minimum atomic E-state index is -1.55. The SMILES string of the molecule is CC1CCC(CO)(C(=O)O)N1C(=O)OC(C)(C)C. The van der Waals surface area contributed by atoms with Gasteiger partial charge in [-0.2, -0.15) is 0 Å². The van der Waals surface area contributed by atoms with Crippen molar-refractivity contribution in [3.63, 3.8) is 0 Å². The van der Waals surface area contributed by atoms with Gasteiger partial charge in [-0.3, -0.25) is 4.90 Å². The maximum Gasteiger partial charge on any atom is 0.411 e. The fraction of sp³-hybridized carbons (Fsp3) is 0.833. The van der Waals surface area contributed by atoms with Gasteiger partial charge in [0.2, 0.25) is 0 Å². The van der Waals surface area contributed by atoms with Gasteiger partial charge in [-0.05, 0) is 40.5 Å². The number of amides is 1. The molecule has 0 aromatic carbocycles. The molecule has 0 radical (unpaired) electrons. The van der Waals surface area contributed by atoms with E-state index in [1.165, 1.54) is 0 Å². The van der Waals surface area contributed by atoms with Crippen molar-refractivity contribution in [1.82, 2.24) is 4.90 Å². The third-order valence-corrected chi connectivity index (χ3v) is 3.13. The third kappa shape index (κ3) is 2.58. The number of carboxylic acid groups (broad SMARTS) is 1. The second-order valence-corrected chi connectivity index (χ2v) is 5.73. The molecule has 6 nitrogen and oxygen atoms in total. The molecule has 6 heteroatoms. The van der Waals surface area contributed by atoms with Crippen LogP contribution in [0.1, 0.15) is 40.5 Å². The first-order valence-electron chi connectivity index (χ1n) is 6.00. The summed E-state index contributed by atoms with van der Waals surface area (Å²) in [6.07, 6.45) is 0.0784. The molecular weight excluding hydrogens is 238 g/mol. The van der Waals surface area contributed by atoms with Gasteiger partial charge in [-0.15, -0.1) is 0 Å². The molecule has 0 spiro atoms. The molecule has 1 aliphatic rings. The lowest BCUT2D eigenvalue weighted by atomic mass is 9.98. The Labute approximate surface area is 107 Å². The van der Waals surface area contributed by atoms with Gasteiger partial charge in [-0.25, -0.2) is 9.59 Å². The smallest absolute Gasteiger partial charge is 0.411 e. The van der Waals surface area contributed by atoms with Crippen LogP contribution < -0.4 is 0 Å². The van der Waals surface area contributed by atoms with Crippen LogP contribution >= 0.6 is 0 Å².